The summed E-state index contributed by atoms with van der Waals surface area (Å²) in [6.07, 6.45) is 4.16. The number of pyridine rings is 1. The molecular weight excluding hydrogens is 356 g/mol. The number of H-pyrrole nitrogens is 1. The summed E-state index contributed by atoms with van der Waals surface area (Å²) in [7, 11) is 0. The van der Waals surface area contributed by atoms with Gasteiger partial charge in [0.25, 0.3) is 5.56 Å². The Kier molecular flexibility index (Phi) is 4.09. The van der Waals surface area contributed by atoms with E-state index < -0.39 is 0 Å². The van der Waals surface area contributed by atoms with E-state index in [0.717, 1.165) is 53.4 Å². The number of hydrogen-bond donors (Lipinski definition) is 1. The molecule has 5 rings (SSSR count). The van der Waals surface area contributed by atoms with Crippen LogP contribution in [0.3, 0.4) is 0 Å². The van der Waals surface area contributed by atoms with Gasteiger partial charge in [0.2, 0.25) is 6.79 Å². The van der Waals surface area contributed by atoms with Crippen molar-refractivity contribution in [2.45, 2.75) is 26.4 Å². The Morgan fingerprint density at radius 3 is 2.93 bits per heavy atom. The molecule has 0 aliphatic carbocycles. The summed E-state index contributed by atoms with van der Waals surface area (Å²) in [6, 6.07) is 7.80. The maximum Gasteiger partial charge on any atom is 0.255 e. The average Bonchev–Trinajstić information content (AvgIpc) is 3.16. The van der Waals surface area contributed by atoms with Crippen LogP contribution < -0.4 is 15.0 Å². The number of ether oxygens (including phenoxy) is 2. The topological polar surface area (TPSA) is 80.3 Å². The van der Waals surface area contributed by atoms with Gasteiger partial charge in [-0.25, -0.2) is 4.98 Å². The minimum absolute atomic E-state index is 0.0732. The molecule has 0 radical (unpaired) electrons. The summed E-state index contributed by atoms with van der Waals surface area (Å²) in [5, 5.41) is 0. The quantitative estimate of drug-likeness (QED) is 0.756. The van der Waals surface area contributed by atoms with Crippen molar-refractivity contribution < 1.29 is 9.47 Å². The fourth-order valence-electron chi connectivity index (χ4n) is 3.75. The van der Waals surface area contributed by atoms with E-state index >= 15 is 0 Å². The molecule has 0 spiro atoms. The summed E-state index contributed by atoms with van der Waals surface area (Å²) in [6.45, 7) is 4.54. The third kappa shape index (κ3) is 3.03. The highest BCUT2D eigenvalue weighted by molar-refractivity contribution is 5.53. The molecular formula is C21H20N4O3. The van der Waals surface area contributed by atoms with Crippen molar-refractivity contribution in [2.24, 2.45) is 0 Å². The van der Waals surface area contributed by atoms with E-state index in [1.165, 1.54) is 5.56 Å². The second-order valence-electron chi connectivity index (χ2n) is 7.17. The van der Waals surface area contributed by atoms with Crippen LogP contribution in [0, 0.1) is 6.92 Å². The first-order chi connectivity index (χ1) is 13.7. The molecule has 0 unspecified atom stereocenters. The monoisotopic (exact) mass is 376 g/mol. The standard InChI is InChI=1S/C21H20N4O3/c1-13-7-18-19(28-12-27-18)8-15(13)10-25-6-4-17-16(11-25)21(26)24-20(23-17)14-3-2-5-22-9-14/h2-3,5,7-9H,4,6,10-12H2,1H3,(H,23,24,26). The molecule has 0 amide bonds. The molecule has 4 heterocycles. The van der Waals surface area contributed by atoms with Crippen molar-refractivity contribution >= 4 is 0 Å². The molecule has 7 heteroatoms. The van der Waals surface area contributed by atoms with Gasteiger partial charge in [-0.1, -0.05) is 0 Å². The van der Waals surface area contributed by atoms with E-state index in [1.807, 2.05) is 24.3 Å². The average molecular weight is 376 g/mol. The predicted octanol–water partition coefficient (Wildman–Crippen LogP) is 2.43. The Hall–Kier alpha value is -3.19. The van der Waals surface area contributed by atoms with Crippen LogP contribution >= 0.6 is 0 Å². The Morgan fingerprint density at radius 1 is 1.25 bits per heavy atom. The van der Waals surface area contributed by atoms with Gasteiger partial charge in [0.05, 0.1) is 11.3 Å². The molecule has 2 aliphatic heterocycles. The largest absolute Gasteiger partial charge is 0.454 e. The first-order valence-corrected chi connectivity index (χ1v) is 9.31. The van der Waals surface area contributed by atoms with Crippen molar-refractivity contribution in [3.63, 3.8) is 0 Å². The van der Waals surface area contributed by atoms with E-state index in [9.17, 15) is 4.79 Å². The van der Waals surface area contributed by atoms with Gasteiger partial charge in [-0.15, -0.1) is 0 Å². The van der Waals surface area contributed by atoms with E-state index in [0.29, 0.717) is 12.4 Å². The third-order valence-corrected chi connectivity index (χ3v) is 5.31. The van der Waals surface area contributed by atoms with Crippen molar-refractivity contribution in [3.8, 4) is 22.9 Å². The lowest BCUT2D eigenvalue weighted by atomic mass is 10.0. The number of benzene rings is 1. The van der Waals surface area contributed by atoms with Crippen molar-refractivity contribution in [1.82, 2.24) is 19.9 Å². The molecule has 0 bridgehead atoms. The zero-order valence-electron chi connectivity index (χ0n) is 15.6. The molecule has 28 heavy (non-hydrogen) atoms. The number of fused-ring (bicyclic) bond motifs is 2. The molecule has 3 aromatic rings. The van der Waals surface area contributed by atoms with Gasteiger partial charge in [-0.2, -0.15) is 0 Å². The minimum Gasteiger partial charge on any atom is -0.454 e. The van der Waals surface area contributed by atoms with Crippen molar-refractivity contribution in [2.75, 3.05) is 13.3 Å². The molecule has 0 saturated carbocycles. The van der Waals surface area contributed by atoms with Crippen LogP contribution in [0.1, 0.15) is 22.4 Å². The maximum absolute atomic E-state index is 12.7. The maximum atomic E-state index is 12.7. The second-order valence-corrected chi connectivity index (χ2v) is 7.17. The molecule has 0 fully saturated rings. The summed E-state index contributed by atoms with van der Waals surface area (Å²) < 4.78 is 10.9. The van der Waals surface area contributed by atoms with Crippen LogP contribution in [0.15, 0.2) is 41.5 Å². The number of rotatable bonds is 3. The lowest BCUT2D eigenvalue weighted by Gasteiger charge is -2.28. The van der Waals surface area contributed by atoms with E-state index in [1.54, 1.807) is 12.4 Å². The first kappa shape index (κ1) is 16.9. The van der Waals surface area contributed by atoms with Gasteiger partial charge in [-0.3, -0.25) is 14.7 Å². The molecule has 142 valence electrons. The second kappa shape index (κ2) is 6.76. The molecule has 0 atom stereocenters. The Balaban J connectivity index is 1.39. The fraction of sp³-hybridized carbons (Fsp3) is 0.286. The number of nitrogens with one attached hydrogen (secondary N) is 1. The highest BCUT2D eigenvalue weighted by Gasteiger charge is 2.23. The Morgan fingerprint density at radius 2 is 2.11 bits per heavy atom. The predicted molar refractivity (Wildman–Crippen MR) is 103 cm³/mol. The van der Waals surface area contributed by atoms with E-state index in [4.69, 9.17) is 14.5 Å². The Bertz CT molecular complexity index is 1090. The zero-order valence-corrected chi connectivity index (χ0v) is 15.6. The highest BCUT2D eigenvalue weighted by Crippen LogP contribution is 2.35. The van der Waals surface area contributed by atoms with E-state index in [2.05, 4.69) is 21.8 Å². The van der Waals surface area contributed by atoms with Crippen molar-refractivity contribution in [1.29, 1.82) is 0 Å². The summed E-state index contributed by atoms with van der Waals surface area (Å²) in [5.74, 6) is 2.17. The summed E-state index contributed by atoms with van der Waals surface area (Å²) in [5.41, 5.74) is 4.72. The lowest BCUT2D eigenvalue weighted by Crippen LogP contribution is -2.35. The van der Waals surface area contributed by atoms with Crippen LogP contribution in [0.4, 0.5) is 0 Å². The smallest absolute Gasteiger partial charge is 0.255 e. The van der Waals surface area contributed by atoms with Gasteiger partial charge in [0.15, 0.2) is 11.5 Å². The van der Waals surface area contributed by atoms with Gasteiger partial charge < -0.3 is 14.5 Å². The fourth-order valence-corrected chi connectivity index (χ4v) is 3.75. The molecule has 1 aromatic carbocycles. The minimum atomic E-state index is -0.0732. The van der Waals surface area contributed by atoms with Crippen molar-refractivity contribution in [3.05, 3.63) is 69.4 Å². The third-order valence-electron chi connectivity index (χ3n) is 5.31. The molecule has 0 saturated heterocycles. The number of aromatic amines is 1. The number of aryl methyl sites for hydroxylation is 1. The number of hydrogen-bond acceptors (Lipinski definition) is 6. The van der Waals surface area contributed by atoms with Crippen LogP contribution in [0.2, 0.25) is 0 Å². The van der Waals surface area contributed by atoms with Gasteiger partial charge in [0.1, 0.15) is 5.82 Å². The molecule has 1 N–H and O–H groups in total. The number of nitrogens with zero attached hydrogens (tertiary/aromatic N) is 3. The molecule has 2 aromatic heterocycles. The summed E-state index contributed by atoms with van der Waals surface area (Å²) in [4.78, 5) is 26.7. The zero-order chi connectivity index (χ0) is 19.1. The molecule has 2 aliphatic rings. The van der Waals surface area contributed by atoms with Gasteiger partial charge in [0, 0.05) is 44.0 Å². The SMILES string of the molecule is Cc1cc2c(cc1CN1CCc3nc(-c4cccnc4)[nH]c(=O)c3C1)OCO2. The van der Waals surface area contributed by atoms with E-state index in [-0.39, 0.29) is 12.4 Å². The van der Waals surface area contributed by atoms with Crippen LogP contribution in [0.5, 0.6) is 11.5 Å². The van der Waals surface area contributed by atoms with Crippen LogP contribution in [-0.4, -0.2) is 33.2 Å². The molecule has 7 nitrogen and oxygen atoms in total. The number of aromatic nitrogens is 3. The van der Waals surface area contributed by atoms with Gasteiger partial charge >= 0.3 is 0 Å². The summed E-state index contributed by atoms with van der Waals surface area (Å²) >= 11 is 0. The normalized spacial score (nSPS) is 15.5. The first-order valence-electron chi connectivity index (χ1n) is 9.31. The highest BCUT2D eigenvalue weighted by atomic mass is 16.7. The van der Waals surface area contributed by atoms with Crippen LogP contribution in [0.25, 0.3) is 11.4 Å². The Labute approximate surface area is 162 Å². The van der Waals surface area contributed by atoms with Crippen LogP contribution in [-0.2, 0) is 19.5 Å². The van der Waals surface area contributed by atoms with Gasteiger partial charge in [-0.05, 0) is 42.3 Å². The lowest BCUT2D eigenvalue weighted by molar-refractivity contribution is 0.174.